The summed E-state index contributed by atoms with van der Waals surface area (Å²) in [7, 11) is -3.48. The maximum Gasteiger partial charge on any atom is 0.278 e. The van der Waals surface area contributed by atoms with E-state index < -0.39 is 15.6 Å². The number of ketones is 1. The summed E-state index contributed by atoms with van der Waals surface area (Å²) in [5.74, 6) is -0.150. The minimum absolute atomic E-state index is 0.0988. The molecule has 1 heterocycles. The molecule has 6 nitrogen and oxygen atoms in total. The quantitative estimate of drug-likeness (QED) is 0.721. The summed E-state index contributed by atoms with van der Waals surface area (Å²) in [5.41, 5.74) is 3.45. The number of nitrogens with one attached hydrogen (secondary N) is 1. The number of allylic oxidation sites excluding steroid dienone is 2. The Kier molecular flexibility index (Phi) is 6.42. The summed E-state index contributed by atoms with van der Waals surface area (Å²) in [4.78, 5) is 26.3. The molecule has 0 saturated carbocycles. The normalized spacial score (nSPS) is 11.8. The Hall–Kier alpha value is -2.41. The van der Waals surface area contributed by atoms with Crippen LogP contribution in [-0.4, -0.2) is 30.2 Å². The van der Waals surface area contributed by atoms with Gasteiger partial charge in [0.2, 0.25) is 5.78 Å². The molecule has 0 bridgehead atoms. The number of H-pyrrole nitrogens is 1. The molecule has 0 aliphatic rings. The number of benzene rings is 1. The Morgan fingerprint density at radius 1 is 1.10 bits per heavy atom. The van der Waals surface area contributed by atoms with Crippen LogP contribution in [0.3, 0.4) is 0 Å². The molecule has 0 fully saturated rings. The van der Waals surface area contributed by atoms with Gasteiger partial charge in [0.05, 0.1) is 4.90 Å². The van der Waals surface area contributed by atoms with Gasteiger partial charge in [0.25, 0.3) is 5.56 Å². The fourth-order valence-corrected chi connectivity index (χ4v) is 4.45. The second-order valence-corrected chi connectivity index (χ2v) is 10.2. The summed E-state index contributed by atoms with van der Waals surface area (Å²) in [6, 6.07) is 2.97. The monoisotopic (exact) mass is 418 g/mol. The summed E-state index contributed by atoms with van der Waals surface area (Å²) in [6.07, 6.45) is 1.16. The molecule has 29 heavy (non-hydrogen) atoms. The molecule has 0 spiro atoms. The highest BCUT2D eigenvalue weighted by atomic mass is 32.2. The van der Waals surface area contributed by atoms with Crippen LogP contribution in [0.2, 0.25) is 0 Å². The van der Waals surface area contributed by atoms with Crippen LogP contribution < -0.4 is 5.56 Å². The number of sulfone groups is 1. The van der Waals surface area contributed by atoms with Crippen molar-refractivity contribution in [3.05, 3.63) is 56.0 Å². The summed E-state index contributed by atoms with van der Waals surface area (Å²) >= 11 is 0. The number of hydrogen-bond acceptors (Lipinski definition) is 4. The lowest BCUT2D eigenvalue weighted by Crippen LogP contribution is -2.24. The molecule has 7 heteroatoms. The molecule has 0 radical (unpaired) electrons. The van der Waals surface area contributed by atoms with E-state index in [0.29, 0.717) is 28.9 Å². The lowest BCUT2D eigenvalue weighted by molar-refractivity contribution is 0.103. The van der Waals surface area contributed by atoms with Gasteiger partial charge in [-0.05, 0) is 69.4 Å². The van der Waals surface area contributed by atoms with Crippen LogP contribution >= 0.6 is 0 Å². The first-order valence-electron chi connectivity index (χ1n) is 9.59. The number of aromatic amines is 1. The van der Waals surface area contributed by atoms with Gasteiger partial charge in [0.1, 0.15) is 5.56 Å². The third-order valence-corrected chi connectivity index (χ3v) is 6.25. The van der Waals surface area contributed by atoms with Gasteiger partial charge in [0, 0.05) is 24.1 Å². The molecule has 0 unspecified atom stereocenters. The minimum atomic E-state index is -3.48. The van der Waals surface area contributed by atoms with Crippen molar-refractivity contribution in [1.29, 1.82) is 0 Å². The van der Waals surface area contributed by atoms with Gasteiger partial charge in [-0.1, -0.05) is 19.4 Å². The predicted molar refractivity (Wildman–Crippen MR) is 116 cm³/mol. The largest absolute Gasteiger partial charge is 0.299 e. The second kappa shape index (κ2) is 8.14. The standard InChI is InChI=1S/C22H30N2O4S/c1-12(2)11-24-22(26)20(16(7)23-24)21(25)17-9-10-18(29(8,27)28)19(15(17)6)14(5)13(3)4/h9-10,12,23H,11H2,1-8H3. The first-order chi connectivity index (χ1) is 13.3. The maximum atomic E-state index is 13.3. The first kappa shape index (κ1) is 22.9. The summed E-state index contributed by atoms with van der Waals surface area (Å²) in [6.45, 7) is 13.6. The fraction of sp³-hybridized carbons (Fsp3) is 0.455. The van der Waals surface area contributed by atoms with Crippen molar-refractivity contribution in [3.8, 4) is 0 Å². The predicted octanol–water partition coefficient (Wildman–Crippen LogP) is 3.90. The molecule has 0 aliphatic heterocycles. The maximum absolute atomic E-state index is 13.3. The Balaban J connectivity index is 2.77. The van der Waals surface area contributed by atoms with E-state index in [9.17, 15) is 18.0 Å². The van der Waals surface area contributed by atoms with Crippen molar-refractivity contribution in [2.75, 3.05) is 6.26 Å². The highest BCUT2D eigenvalue weighted by Gasteiger charge is 2.26. The molecule has 0 amide bonds. The highest BCUT2D eigenvalue weighted by Crippen LogP contribution is 2.32. The van der Waals surface area contributed by atoms with Crippen LogP contribution in [-0.2, 0) is 16.4 Å². The molecule has 1 aromatic carbocycles. The van der Waals surface area contributed by atoms with E-state index in [-0.39, 0.29) is 21.9 Å². The number of rotatable bonds is 6. The zero-order valence-corrected chi connectivity index (χ0v) is 19.2. The van der Waals surface area contributed by atoms with Gasteiger partial charge in [-0.15, -0.1) is 0 Å². The lowest BCUT2D eigenvalue weighted by Gasteiger charge is -2.16. The van der Waals surface area contributed by atoms with Crippen LogP contribution in [0.4, 0.5) is 0 Å². The van der Waals surface area contributed by atoms with E-state index in [1.807, 2.05) is 34.6 Å². The van der Waals surface area contributed by atoms with Gasteiger partial charge in [-0.2, -0.15) is 0 Å². The number of aromatic nitrogens is 2. The van der Waals surface area contributed by atoms with Gasteiger partial charge < -0.3 is 0 Å². The van der Waals surface area contributed by atoms with Gasteiger partial charge in [-0.25, -0.2) is 8.42 Å². The van der Waals surface area contributed by atoms with E-state index >= 15 is 0 Å². The number of nitrogens with zero attached hydrogens (tertiary/aromatic N) is 1. The van der Waals surface area contributed by atoms with Crippen LogP contribution in [0.15, 0.2) is 27.4 Å². The molecule has 2 aromatic rings. The van der Waals surface area contributed by atoms with Crippen molar-refractivity contribution < 1.29 is 13.2 Å². The fourth-order valence-electron chi connectivity index (χ4n) is 3.46. The molecule has 1 N–H and O–H groups in total. The number of carbonyl (C=O) groups is 1. The van der Waals surface area contributed by atoms with Crippen LogP contribution in [0.5, 0.6) is 0 Å². The molecule has 158 valence electrons. The summed E-state index contributed by atoms with van der Waals surface area (Å²) < 4.78 is 26.1. The van der Waals surface area contributed by atoms with E-state index in [1.165, 1.54) is 16.8 Å². The van der Waals surface area contributed by atoms with E-state index in [4.69, 9.17) is 0 Å². The van der Waals surface area contributed by atoms with Crippen LogP contribution in [0, 0.1) is 19.8 Å². The number of carbonyl (C=O) groups excluding carboxylic acids is 1. The van der Waals surface area contributed by atoms with E-state index in [0.717, 1.165) is 17.4 Å². The molecule has 0 aliphatic carbocycles. The molecule has 0 saturated heterocycles. The van der Waals surface area contributed by atoms with Crippen molar-refractivity contribution in [2.24, 2.45) is 5.92 Å². The SMILES string of the molecule is CC(C)=C(C)c1c(S(C)(=O)=O)ccc(C(=O)c2c(C)[nH]n(CC(C)C)c2=O)c1C. The Morgan fingerprint density at radius 3 is 2.17 bits per heavy atom. The average Bonchev–Trinajstić information content (AvgIpc) is 2.85. The number of aryl methyl sites for hydroxylation is 1. The minimum Gasteiger partial charge on any atom is -0.299 e. The van der Waals surface area contributed by atoms with Gasteiger partial charge >= 0.3 is 0 Å². The van der Waals surface area contributed by atoms with Crippen molar-refractivity contribution in [1.82, 2.24) is 9.78 Å². The zero-order chi connectivity index (χ0) is 22.3. The third-order valence-electron chi connectivity index (χ3n) is 5.11. The first-order valence-corrected chi connectivity index (χ1v) is 11.5. The van der Waals surface area contributed by atoms with Gasteiger partial charge in [-0.3, -0.25) is 19.4 Å². The molecular weight excluding hydrogens is 388 g/mol. The molecular formula is C22H30N2O4S. The third kappa shape index (κ3) is 4.45. The Bertz CT molecular complexity index is 1160. The Labute approximate surface area is 172 Å². The second-order valence-electron chi connectivity index (χ2n) is 8.26. The van der Waals surface area contributed by atoms with E-state index in [1.54, 1.807) is 13.8 Å². The number of hydrogen-bond donors (Lipinski definition) is 1. The lowest BCUT2D eigenvalue weighted by atomic mass is 9.91. The van der Waals surface area contributed by atoms with Crippen molar-refractivity contribution in [2.45, 2.75) is 59.9 Å². The Morgan fingerprint density at radius 2 is 1.69 bits per heavy atom. The molecule has 2 rings (SSSR count). The average molecular weight is 419 g/mol. The summed E-state index contributed by atoms with van der Waals surface area (Å²) in [5, 5.41) is 2.98. The van der Waals surface area contributed by atoms with Crippen molar-refractivity contribution >= 4 is 21.2 Å². The zero-order valence-electron chi connectivity index (χ0n) is 18.4. The van der Waals surface area contributed by atoms with Crippen LogP contribution in [0.1, 0.15) is 67.4 Å². The smallest absolute Gasteiger partial charge is 0.278 e. The van der Waals surface area contributed by atoms with Crippen molar-refractivity contribution in [3.63, 3.8) is 0 Å². The van der Waals surface area contributed by atoms with Gasteiger partial charge in [0.15, 0.2) is 9.84 Å². The molecule has 0 atom stereocenters. The topological polar surface area (TPSA) is 89.0 Å². The highest BCUT2D eigenvalue weighted by molar-refractivity contribution is 7.90. The molecule has 1 aromatic heterocycles. The van der Waals surface area contributed by atoms with E-state index in [2.05, 4.69) is 5.10 Å². The van der Waals surface area contributed by atoms with Crippen LogP contribution in [0.25, 0.3) is 5.57 Å².